The van der Waals surface area contributed by atoms with Crippen molar-refractivity contribution in [1.29, 1.82) is 0 Å². The van der Waals surface area contributed by atoms with Crippen LogP contribution in [0.2, 0.25) is 0 Å². The lowest BCUT2D eigenvalue weighted by molar-refractivity contribution is -0.141. The molecular formula is C14H26N2O3S. The Kier molecular flexibility index (Phi) is 7.80. The molecule has 6 heteroatoms. The average molecular weight is 302 g/mol. The van der Waals surface area contributed by atoms with E-state index in [0.717, 1.165) is 25.7 Å². The minimum absolute atomic E-state index is 0.202. The van der Waals surface area contributed by atoms with Gasteiger partial charge in [0.15, 0.2) is 0 Å². The summed E-state index contributed by atoms with van der Waals surface area (Å²) in [6.45, 7) is 2.15. The minimum Gasteiger partial charge on any atom is -0.481 e. The predicted octanol–water partition coefficient (Wildman–Crippen LogP) is 2.46. The van der Waals surface area contributed by atoms with E-state index in [4.69, 9.17) is 5.11 Å². The van der Waals surface area contributed by atoms with E-state index in [-0.39, 0.29) is 18.6 Å². The van der Waals surface area contributed by atoms with Gasteiger partial charge in [-0.15, -0.1) is 0 Å². The highest BCUT2D eigenvalue weighted by molar-refractivity contribution is 7.99. The molecule has 0 heterocycles. The van der Waals surface area contributed by atoms with Crippen LogP contribution in [0.15, 0.2) is 0 Å². The summed E-state index contributed by atoms with van der Waals surface area (Å²) in [6.07, 6.45) is 7.89. The molecule has 1 aliphatic rings. The number of hydrogen-bond donors (Lipinski definition) is 3. The van der Waals surface area contributed by atoms with Gasteiger partial charge in [0.2, 0.25) is 0 Å². The molecule has 0 radical (unpaired) electrons. The lowest BCUT2D eigenvalue weighted by atomic mass is 9.95. The van der Waals surface area contributed by atoms with Crippen molar-refractivity contribution < 1.29 is 14.7 Å². The molecule has 3 atom stereocenters. The van der Waals surface area contributed by atoms with Crippen molar-refractivity contribution in [3.8, 4) is 0 Å². The standard InChI is InChI=1S/C14H26N2O3S/c1-3-5-10(13(17)18)9-15-14(19)16-11-6-4-7-12(8-11)20-2/h10-12H,3-9H2,1-2H3,(H,17,18)(H2,15,16,19). The highest BCUT2D eigenvalue weighted by Gasteiger charge is 2.23. The van der Waals surface area contributed by atoms with Crippen LogP contribution in [0.25, 0.3) is 0 Å². The van der Waals surface area contributed by atoms with E-state index in [9.17, 15) is 9.59 Å². The number of carboxylic acids is 1. The first-order chi connectivity index (χ1) is 9.56. The van der Waals surface area contributed by atoms with Gasteiger partial charge in [-0.1, -0.05) is 19.8 Å². The summed E-state index contributed by atoms with van der Waals surface area (Å²) < 4.78 is 0. The Labute approximate surface area is 125 Å². The Morgan fingerprint density at radius 3 is 2.75 bits per heavy atom. The molecule has 0 spiro atoms. The maximum absolute atomic E-state index is 11.8. The Morgan fingerprint density at radius 1 is 1.40 bits per heavy atom. The third-order valence-electron chi connectivity index (χ3n) is 3.79. The van der Waals surface area contributed by atoms with Crippen molar-refractivity contribution in [2.75, 3.05) is 12.8 Å². The number of carboxylic acid groups (broad SMARTS) is 1. The molecule has 0 aromatic rings. The topological polar surface area (TPSA) is 78.4 Å². The number of rotatable bonds is 7. The number of nitrogens with one attached hydrogen (secondary N) is 2. The van der Waals surface area contributed by atoms with E-state index in [0.29, 0.717) is 11.7 Å². The third-order valence-corrected chi connectivity index (χ3v) is 4.88. The average Bonchev–Trinajstić information content (AvgIpc) is 2.43. The van der Waals surface area contributed by atoms with Gasteiger partial charge in [-0.25, -0.2) is 4.79 Å². The van der Waals surface area contributed by atoms with Gasteiger partial charge in [-0.05, 0) is 31.9 Å². The SMILES string of the molecule is CCCC(CNC(=O)NC1CCCC(SC)C1)C(=O)O. The zero-order valence-electron chi connectivity index (χ0n) is 12.4. The fraction of sp³-hybridized carbons (Fsp3) is 0.857. The molecule has 116 valence electrons. The molecule has 3 unspecified atom stereocenters. The van der Waals surface area contributed by atoms with Crippen LogP contribution in [0.4, 0.5) is 4.79 Å². The number of amides is 2. The monoisotopic (exact) mass is 302 g/mol. The van der Waals surface area contributed by atoms with Crippen LogP contribution in [0, 0.1) is 5.92 Å². The first kappa shape index (κ1) is 17.1. The lowest BCUT2D eigenvalue weighted by Crippen LogP contribution is -2.46. The second kappa shape index (κ2) is 9.10. The molecule has 3 N–H and O–H groups in total. The summed E-state index contributed by atoms with van der Waals surface area (Å²) in [5.74, 6) is -1.33. The van der Waals surface area contributed by atoms with Crippen LogP contribution in [0.3, 0.4) is 0 Å². The summed E-state index contributed by atoms with van der Waals surface area (Å²) in [5.41, 5.74) is 0. The van der Waals surface area contributed by atoms with Crippen molar-refractivity contribution >= 4 is 23.8 Å². The highest BCUT2D eigenvalue weighted by Crippen LogP contribution is 2.26. The Morgan fingerprint density at radius 2 is 2.15 bits per heavy atom. The summed E-state index contributed by atoms with van der Waals surface area (Å²) in [7, 11) is 0. The molecule has 5 nitrogen and oxygen atoms in total. The number of carbonyl (C=O) groups excluding carboxylic acids is 1. The molecular weight excluding hydrogens is 276 g/mol. The van der Waals surface area contributed by atoms with Crippen LogP contribution in [0.5, 0.6) is 0 Å². The van der Waals surface area contributed by atoms with E-state index in [1.54, 1.807) is 0 Å². The van der Waals surface area contributed by atoms with Crippen molar-refractivity contribution in [3.05, 3.63) is 0 Å². The molecule has 1 fully saturated rings. The van der Waals surface area contributed by atoms with Gasteiger partial charge >= 0.3 is 12.0 Å². The van der Waals surface area contributed by atoms with Crippen LogP contribution in [-0.2, 0) is 4.79 Å². The van der Waals surface area contributed by atoms with Gasteiger partial charge in [0, 0.05) is 17.8 Å². The van der Waals surface area contributed by atoms with Gasteiger partial charge in [0.1, 0.15) is 0 Å². The van der Waals surface area contributed by atoms with Gasteiger partial charge < -0.3 is 15.7 Å². The largest absolute Gasteiger partial charge is 0.481 e. The molecule has 1 aliphatic carbocycles. The fourth-order valence-corrected chi connectivity index (χ4v) is 3.43. The van der Waals surface area contributed by atoms with Crippen LogP contribution in [0.1, 0.15) is 45.4 Å². The van der Waals surface area contributed by atoms with E-state index in [1.807, 2.05) is 18.7 Å². The van der Waals surface area contributed by atoms with Crippen LogP contribution >= 0.6 is 11.8 Å². The highest BCUT2D eigenvalue weighted by atomic mass is 32.2. The van der Waals surface area contributed by atoms with E-state index in [2.05, 4.69) is 16.9 Å². The van der Waals surface area contributed by atoms with Crippen molar-refractivity contribution in [2.24, 2.45) is 5.92 Å². The molecule has 0 bridgehead atoms. The predicted molar refractivity (Wildman–Crippen MR) is 82.1 cm³/mol. The zero-order chi connectivity index (χ0) is 15.0. The molecule has 0 aromatic heterocycles. The lowest BCUT2D eigenvalue weighted by Gasteiger charge is -2.28. The molecule has 0 aromatic carbocycles. The number of urea groups is 1. The second-order valence-electron chi connectivity index (χ2n) is 5.40. The van der Waals surface area contributed by atoms with E-state index < -0.39 is 11.9 Å². The summed E-state index contributed by atoms with van der Waals surface area (Å²) in [5, 5.41) is 15.3. The van der Waals surface area contributed by atoms with Crippen molar-refractivity contribution in [1.82, 2.24) is 10.6 Å². The Bertz CT molecular complexity index is 326. The molecule has 20 heavy (non-hydrogen) atoms. The first-order valence-corrected chi connectivity index (χ1v) is 8.65. The summed E-state index contributed by atoms with van der Waals surface area (Å²) in [6, 6.07) is -0.0187. The molecule has 0 saturated heterocycles. The first-order valence-electron chi connectivity index (χ1n) is 7.36. The van der Waals surface area contributed by atoms with Gasteiger partial charge in [0.25, 0.3) is 0 Å². The summed E-state index contributed by atoms with van der Waals surface area (Å²) in [4.78, 5) is 22.8. The van der Waals surface area contributed by atoms with Gasteiger partial charge in [0.05, 0.1) is 5.92 Å². The number of hydrogen-bond acceptors (Lipinski definition) is 3. The van der Waals surface area contributed by atoms with Crippen molar-refractivity contribution in [2.45, 2.75) is 56.7 Å². The number of aliphatic carboxylic acids is 1. The zero-order valence-corrected chi connectivity index (χ0v) is 13.2. The van der Waals surface area contributed by atoms with Crippen molar-refractivity contribution in [3.63, 3.8) is 0 Å². The maximum atomic E-state index is 11.8. The summed E-state index contributed by atoms with van der Waals surface area (Å²) >= 11 is 1.86. The normalized spacial score (nSPS) is 23.9. The third kappa shape index (κ3) is 6.03. The minimum atomic E-state index is -0.840. The fourth-order valence-electron chi connectivity index (χ4n) is 2.60. The Hall–Kier alpha value is -0.910. The van der Waals surface area contributed by atoms with Crippen LogP contribution < -0.4 is 10.6 Å². The molecule has 1 rings (SSSR count). The van der Waals surface area contributed by atoms with Crippen LogP contribution in [-0.4, -0.2) is 41.2 Å². The molecule has 1 saturated carbocycles. The molecule has 2 amide bonds. The second-order valence-corrected chi connectivity index (χ2v) is 6.54. The van der Waals surface area contributed by atoms with E-state index in [1.165, 1.54) is 6.42 Å². The Balaban J connectivity index is 2.30. The quantitative estimate of drug-likeness (QED) is 0.675. The number of thioether (sulfide) groups is 1. The van der Waals surface area contributed by atoms with Gasteiger partial charge in [-0.3, -0.25) is 4.79 Å². The van der Waals surface area contributed by atoms with E-state index >= 15 is 0 Å². The molecule has 0 aliphatic heterocycles. The number of carbonyl (C=O) groups is 2. The smallest absolute Gasteiger partial charge is 0.315 e. The van der Waals surface area contributed by atoms with Gasteiger partial charge in [-0.2, -0.15) is 11.8 Å². The maximum Gasteiger partial charge on any atom is 0.315 e.